The molecular weight excluding hydrogens is 162 g/mol. The second kappa shape index (κ2) is 4.23. The molecule has 70 valence electrons. The molecule has 0 amide bonds. The summed E-state index contributed by atoms with van der Waals surface area (Å²) in [6.45, 7) is 3.43. The van der Waals surface area contributed by atoms with E-state index in [9.17, 15) is 0 Å². The molecule has 0 unspecified atom stereocenters. The number of aromatic nitrogens is 2. The van der Waals surface area contributed by atoms with Crippen molar-refractivity contribution in [3.63, 3.8) is 0 Å². The third kappa shape index (κ3) is 2.42. The fraction of sp³-hybridized carbons (Fsp3) is 0.500. The average molecular weight is 177 g/mol. The van der Waals surface area contributed by atoms with Gasteiger partial charge >= 0.3 is 0 Å². The van der Waals surface area contributed by atoms with Gasteiger partial charge in [0.2, 0.25) is 0 Å². The van der Waals surface area contributed by atoms with Crippen molar-refractivity contribution < 1.29 is 0 Å². The summed E-state index contributed by atoms with van der Waals surface area (Å²) in [5.41, 5.74) is 1.17. The summed E-state index contributed by atoms with van der Waals surface area (Å²) in [5, 5.41) is 0. The molecule has 2 heterocycles. The van der Waals surface area contributed by atoms with E-state index in [1.165, 1.54) is 18.7 Å². The van der Waals surface area contributed by atoms with Crippen molar-refractivity contribution in [2.75, 3.05) is 19.6 Å². The smallest absolute Gasteiger partial charge is 0.0923 e. The van der Waals surface area contributed by atoms with E-state index in [-0.39, 0.29) is 0 Å². The zero-order chi connectivity index (χ0) is 8.93. The van der Waals surface area contributed by atoms with Crippen LogP contribution in [-0.4, -0.2) is 34.5 Å². The average Bonchev–Trinajstić information content (AvgIpc) is 2.75. The van der Waals surface area contributed by atoms with Crippen LogP contribution >= 0.6 is 0 Å². The van der Waals surface area contributed by atoms with Crippen molar-refractivity contribution in [1.29, 1.82) is 0 Å². The lowest BCUT2D eigenvalue weighted by atomic mass is 10.2. The molecule has 1 aliphatic heterocycles. The van der Waals surface area contributed by atoms with E-state index in [4.69, 9.17) is 0 Å². The van der Waals surface area contributed by atoms with E-state index < -0.39 is 0 Å². The number of hydrogen-bond acceptors (Lipinski definition) is 2. The van der Waals surface area contributed by atoms with E-state index >= 15 is 0 Å². The molecule has 1 aliphatic rings. The van der Waals surface area contributed by atoms with E-state index in [2.05, 4.69) is 27.0 Å². The number of aromatic amines is 1. The van der Waals surface area contributed by atoms with E-state index in [0.29, 0.717) is 0 Å². The van der Waals surface area contributed by atoms with Crippen LogP contribution in [-0.2, 0) is 6.42 Å². The van der Waals surface area contributed by atoms with Gasteiger partial charge in [0.1, 0.15) is 0 Å². The maximum absolute atomic E-state index is 4.19. The Bertz CT molecular complexity index is 256. The van der Waals surface area contributed by atoms with Crippen LogP contribution in [0.15, 0.2) is 24.7 Å². The number of aryl methyl sites for hydroxylation is 1. The van der Waals surface area contributed by atoms with Crippen LogP contribution in [0.25, 0.3) is 0 Å². The molecule has 3 nitrogen and oxygen atoms in total. The van der Waals surface area contributed by atoms with Gasteiger partial charge < -0.3 is 4.98 Å². The predicted molar refractivity (Wildman–Crippen MR) is 52.5 cm³/mol. The molecule has 0 aliphatic carbocycles. The van der Waals surface area contributed by atoms with Gasteiger partial charge in [-0.05, 0) is 19.4 Å². The third-order valence-corrected chi connectivity index (χ3v) is 2.36. The molecule has 0 radical (unpaired) electrons. The molecule has 0 fully saturated rings. The highest BCUT2D eigenvalue weighted by Gasteiger charge is 2.05. The summed E-state index contributed by atoms with van der Waals surface area (Å²) in [7, 11) is 0. The zero-order valence-electron chi connectivity index (χ0n) is 7.74. The first-order chi connectivity index (χ1) is 6.45. The summed E-state index contributed by atoms with van der Waals surface area (Å²) >= 11 is 0. The first-order valence-corrected chi connectivity index (χ1v) is 4.80. The van der Waals surface area contributed by atoms with Crippen LogP contribution < -0.4 is 0 Å². The van der Waals surface area contributed by atoms with Gasteiger partial charge in [-0.3, -0.25) is 4.90 Å². The topological polar surface area (TPSA) is 31.9 Å². The third-order valence-electron chi connectivity index (χ3n) is 2.36. The number of imidazole rings is 1. The minimum absolute atomic E-state index is 1.08. The molecule has 0 bridgehead atoms. The number of H-pyrrole nitrogens is 1. The minimum atomic E-state index is 1.08. The Kier molecular flexibility index (Phi) is 2.77. The first kappa shape index (κ1) is 8.51. The second-order valence-electron chi connectivity index (χ2n) is 3.40. The molecule has 0 saturated heterocycles. The van der Waals surface area contributed by atoms with Gasteiger partial charge in [0.25, 0.3) is 0 Å². The summed E-state index contributed by atoms with van der Waals surface area (Å²) in [5.74, 6) is 0. The van der Waals surface area contributed by atoms with Crippen LogP contribution in [0.4, 0.5) is 0 Å². The fourth-order valence-corrected chi connectivity index (χ4v) is 1.62. The van der Waals surface area contributed by atoms with E-state index in [0.717, 1.165) is 19.5 Å². The van der Waals surface area contributed by atoms with Gasteiger partial charge in [-0.25, -0.2) is 4.98 Å². The standard InChI is InChI=1S/C10H15N3/c1-2-6-13(5-1)7-3-4-10-8-11-9-12-10/h1-2,8-9H,3-7H2,(H,11,12). The first-order valence-electron chi connectivity index (χ1n) is 4.80. The van der Waals surface area contributed by atoms with Crippen LogP contribution in [0.1, 0.15) is 12.1 Å². The summed E-state index contributed by atoms with van der Waals surface area (Å²) in [6, 6.07) is 0. The summed E-state index contributed by atoms with van der Waals surface area (Å²) in [4.78, 5) is 9.60. The van der Waals surface area contributed by atoms with Crippen molar-refractivity contribution in [1.82, 2.24) is 14.9 Å². The largest absolute Gasteiger partial charge is 0.351 e. The molecule has 13 heavy (non-hydrogen) atoms. The highest BCUT2D eigenvalue weighted by Crippen LogP contribution is 2.02. The predicted octanol–water partition coefficient (Wildman–Crippen LogP) is 1.21. The molecule has 2 rings (SSSR count). The van der Waals surface area contributed by atoms with Crippen molar-refractivity contribution >= 4 is 0 Å². The number of nitrogens with one attached hydrogen (secondary N) is 1. The van der Waals surface area contributed by atoms with Crippen LogP contribution in [0.2, 0.25) is 0 Å². The van der Waals surface area contributed by atoms with Crippen molar-refractivity contribution in [3.05, 3.63) is 30.4 Å². The molecule has 3 heteroatoms. The minimum Gasteiger partial charge on any atom is -0.351 e. The molecule has 1 aromatic rings. The Balaban J connectivity index is 1.64. The quantitative estimate of drug-likeness (QED) is 0.701. The normalized spacial score (nSPS) is 16.9. The van der Waals surface area contributed by atoms with Crippen LogP contribution in [0, 0.1) is 0 Å². The Hall–Kier alpha value is -1.09. The Labute approximate surface area is 78.5 Å². The molecule has 0 aromatic carbocycles. The molecule has 1 aromatic heterocycles. The summed E-state index contributed by atoms with van der Waals surface area (Å²) < 4.78 is 0. The Morgan fingerprint density at radius 2 is 2.23 bits per heavy atom. The van der Waals surface area contributed by atoms with Crippen LogP contribution in [0.3, 0.4) is 0 Å². The monoisotopic (exact) mass is 177 g/mol. The van der Waals surface area contributed by atoms with Gasteiger partial charge in [-0.1, -0.05) is 12.2 Å². The molecule has 1 N–H and O–H groups in total. The Morgan fingerprint density at radius 1 is 1.38 bits per heavy atom. The zero-order valence-corrected chi connectivity index (χ0v) is 7.74. The highest BCUT2D eigenvalue weighted by molar-refractivity contribution is 4.97. The van der Waals surface area contributed by atoms with Crippen LogP contribution in [0.5, 0.6) is 0 Å². The fourth-order valence-electron chi connectivity index (χ4n) is 1.62. The highest BCUT2D eigenvalue weighted by atomic mass is 15.1. The van der Waals surface area contributed by atoms with E-state index in [1.54, 1.807) is 6.33 Å². The Morgan fingerprint density at radius 3 is 2.92 bits per heavy atom. The van der Waals surface area contributed by atoms with E-state index in [1.807, 2.05) is 6.20 Å². The van der Waals surface area contributed by atoms with Gasteiger partial charge in [0.05, 0.1) is 12.0 Å². The maximum Gasteiger partial charge on any atom is 0.0923 e. The van der Waals surface area contributed by atoms with Crippen molar-refractivity contribution in [2.45, 2.75) is 12.8 Å². The molecule has 0 saturated carbocycles. The van der Waals surface area contributed by atoms with Crippen molar-refractivity contribution in [2.24, 2.45) is 0 Å². The number of rotatable bonds is 4. The van der Waals surface area contributed by atoms with Gasteiger partial charge in [-0.15, -0.1) is 0 Å². The SMILES string of the molecule is C1=CCN(CCCc2c[nH]cn2)C1. The maximum atomic E-state index is 4.19. The van der Waals surface area contributed by atoms with Crippen molar-refractivity contribution in [3.8, 4) is 0 Å². The van der Waals surface area contributed by atoms with Gasteiger partial charge in [0, 0.05) is 19.3 Å². The lowest BCUT2D eigenvalue weighted by Crippen LogP contribution is -2.21. The molecule has 0 atom stereocenters. The summed E-state index contributed by atoms with van der Waals surface area (Å²) in [6.07, 6.45) is 10.5. The number of nitrogens with zero attached hydrogens (tertiary/aromatic N) is 2. The van der Waals surface area contributed by atoms with Gasteiger partial charge in [-0.2, -0.15) is 0 Å². The van der Waals surface area contributed by atoms with Gasteiger partial charge in [0.15, 0.2) is 0 Å². The lowest BCUT2D eigenvalue weighted by Gasteiger charge is -2.13. The molecule has 0 spiro atoms. The lowest BCUT2D eigenvalue weighted by molar-refractivity contribution is 0.346. The molecular formula is C10H15N3. The second-order valence-corrected chi connectivity index (χ2v) is 3.40. The number of hydrogen-bond donors (Lipinski definition) is 1.